The van der Waals surface area contributed by atoms with Gasteiger partial charge in [0.25, 0.3) is 0 Å². The normalized spacial score (nSPS) is 11.6. The predicted octanol–water partition coefficient (Wildman–Crippen LogP) is 4.58. The third-order valence-corrected chi connectivity index (χ3v) is 3.20. The molecule has 1 heteroatoms. The maximum atomic E-state index is 10.7. The molecule has 2 rings (SSSR count). The fourth-order valence-electron chi connectivity index (χ4n) is 1.96. The zero-order valence-electron chi connectivity index (χ0n) is 11.2. The summed E-state index contributed by atoms with van der Waals surface area (Å²) in [5, 5.41) is 10.7. The van der Waals surface area contributed by atoms with Gasteiger partial charge in [0.1, 0.15) is 6.61 Å². The van der Waals surface area contributed by atoms with Crippen LogP contribution in [0.3, 0.4) is 0 Å². The lowest BCUT2D eigenvalue weighted by atomic mass is 9.86. The van der Waals surface area contributed by atoms with Crippen LogP contribution in [0.5, 0.6) is 0 Å². The van der Waals surface area contributed by atoms with Gasteiger partial charge in [-0.1, -0.05) is 69.3 Å². The molecule has 1 nitrogen and oxygen atoms in total. The van der Waals surface area contributed by atoms with Crippen molar-refractivity contribution in [2.24, 2.45) is 0 Å². The van der Waals surface area contributed by atoms with Crippen LogP contribution in [0.25, 0.3) is 11.1 Å². The van der Waals surface area contributed by atoms with Crippen molar-refractivity contribution in [3.8, 4) is 11.1 Å². The summed E-state index contributed by atoms with van der Waals surface area (Å²) < 4.78 is 0. The Bertz CT molecular complexity index is 501. The molecule has 93 valence electrons. The molecule has 0 heterocycles. The molecule has 0 atom stereocenters. The van der Waals surface area contributed by atoms with Crippen LogP contribution < -0.4 is 0 Å². The van der Waals surface area contributed by atoms with Crippen molar-refractivity contribution in [2.45, 2.75) is 32.8 Å². The molecule has 0 N–H and O–H groups in total. The zero-order valence-corrected chi connectivity index (χ0v) is 11.2. The lowest BCUT2D eigenvalue weighted by Gasteiger charge is -2.19. The van der Waals surface area contributed by atoms with Crippen LogP contribution in [0.4, 0.5) is 0 Å². The van der Waals surface area contributed by atoms with E-state index in [4.69, 9.17) is 0 Å². The zero-order chi connectivity index (χ0) is 13.2. The first-order chi connectivity index (χ1) is 8.50. The maximum absolute atomic E-state index is 10.7. The molecular weight excluding hydrogens is 220 g/mol. The average molecular weight is 239 g/mol. The Morgan fingerprint density at radius 2 is 1.22 bits per heavy atom. The number of hydrogen-bond acceptors (Lipinski definition) is 0. The van der Waals surface area contributed by atoms with Gasteiger partial charge in [0.2, 0.25) is 0 Å². The second kappa shape index (κ2) is 4.95. The van der Waals surface area contributed by atoms with Crippen molar-refractivity contribution in [3.05, 3.63) is 59.7 Å². The van der Waals surface area contributed by atoms with Crippen molar-refractivity contribution in [2.75, 3.05) is 0 Å². The lowest BCUT2D eigenvalue weighted by Crippen LogP contribution is -2.10. The summed E-state index contributed by atoms with van der Waals surface area (Å²) in [4.78, 5) is 0. The Kier molecular flexibility index (Phi) is 3.53. The monoisotopic (exact) mass is 239 g/mol. The number of benzene rings is 2. The first-order valence-electron chi connectivity index (χ1n) is 6.28. The third kappa shape index (κ3) is 2.80. The van der Waals surface area contributed by atoms with Crippen LogP contribution >= 0.6 is 0 Å². The Morgan fingerprint density at radius 3 is 1.61 bits per heavy atom. The Balaban J connectivity index is 2.28. The van der Waals surface area contributed by atoms with E-state index in [1.165, 1.54) is 11.1 Å². The summed E-state index contributed by atoms with van der Waals surface area (Å²) in [7, 11) is 0. The van der Waals surface area contributed by atoms with Crippen molar-refractivity contribution in [1.29, 1.82) is 0 Å². The standard InChI is InChI=1S/C17H19O/c1-17(2,3)16-10-8-15(9-11-16)14-6-4-13(12-18)5-7-14/h4-11H,12H2,1-3H3. The molecule has 0 unspecified atom stereocenters. The maximum Gasteiger partial charge on any atom is 0.107 e. The van der Waals surface area contributed by atoms with E-state index in [0.29, 0.717) is 0 Å². The fourth-order valence-corrected chi connectivity index (χ4v) is 1.96. The number of hydrogen-bond donors (Lipinski definition) is 0. The molecule has 2 aromatic carbocycles. The lowest BCUT2D eigenvalue weighted by molar-refractivity contribution is 0.177. The van der Waals surface area contributed by atoms with Gasteiger partial charge in [0.05, 0.1) is 0 Å². The smallest absolute Gasteiger partial charge is 0.107 e. The second-order valence-corrected chi connectivity index (χ2v) is 5.67. The van der Waals surface area contributed by atoms with Gasteiger partial charge in [-0.3, -0.25) is 0 Å². The van der Waals surface area contributed by atoms with E-state index in [1.807, 2.05) is 24.3 Å². The average Bonchev–Trinajstić information content (AvgIpc) is 2.38. The summed E-state index contributed by atoms with van der Waals surface area (Å²) in [6.07, 6.45) is 0. The van der Waals surface area contributed by atoms with Crippen LogP contribution in [0.1, 0.15) is 31.9 Å². The molecule has 0 aliphatic heterocycles. The molecule has 0 aliphatic rings. The van der Waals surface area contributed by atoms with Gasteiger partial charge in [-0.05, 0) is 27.7 Å². The SMILES string of the molecule is CC(C)(C)c1ccc(-c2ccc(C[O])cc2)cc1. The van der Waals surface area contributed by atoms with Gasteiger partial charge < -0.3 is 0 Å². The van der Waals surface area contributed by atoms with Gasteiger partial charge in [0, 0.05) is 0 Å². The van der Waals surface area contributed by atoms with Crippen LogP contribution in [0.15, 0.2) is 48.5 Å². The Hall–Kier alpha value is -1.60. The summed E-state index contributed by atoms with van der Waals surface area (Å²) in [5.41, 5.74) is 4.71. The highest BCUT2D eigenvalue weighted by Crippen LogP contribution is 2.26. The molecule has 0 aliphatic carbocycles. The molecule has 1 radical (unpaired) electrons. The van der Waals surface area contributed by atoms with Gasteiger partial charge >= 0.3 is 0 Å². The van der Waals surface area contributed by atoms with Crippen molar-refractivity contribution in [3.63, 3.8) is 0 Å². The molecule has 0 aromatic heterocycles. The van der Waals surface area contributed by atoms with E-state index >= 15 is 0 Å². The summed E-state index contributed by atoms with van der Waals surface area (Å²) in [6.45, 7) is 6.49. The second-order valence-electron chi connectivity index (χ2n) is 5.67. The summed E-state index contributed by atoms with van der Waals surface area (Å²) in [5.74, 6) is 0. The third-order valence-electron chi connectivity index (χ3n) is 3.20. The number of rotatable bonds is 2. The largest absolute Gasteiger partial charge is 0.232 e. The first kappa shape index (κ1) is 12.8. The molecular formula is C17H19O. The molecule has 0 saturated heterocycles. The van der Waals surface area contributed by atoms with Crippen LogP contribution in [-0.4, -0.2) is 0 Å². The van der Waals surface area contributed by atoms with Crippen LogP contribution in [0.2, 0.25) is 0 Å². The van der Waals surface area contributed by atoms with Gasteiger partial charge in [-0.15, -0.1) is 0 Å². The van der Waals surface area contributed by atoms with E-state index in [-0.39, 0.29) is 12.0 Å². The first-order valence-corrected chi connectivity index (χ1v) is 6.28. The topological polar surface area (TPSA) is 19.9 Å². The molecule has 0 fully saturated rings. The summed E-state index contributed by atoms with van der Waals surface area (Å²) in [6, 6.07) is 16.5. The van der Waals surface area contributed by atoms with Gasteiger partial charge in [-0.25, -0.2) is 5.11 Å². The highest BCUT2D eigenvalue weighted by atomic mass is 16.3. The Labute approximate surface area is 109 Å². The van der Waals surface area contributed by atoms with E-state index in [1.54, 1.807) is 0 Å². The van der Waals surface area contributed by atoms with Crippen molar-refractivity contribution in [1.82, 2.24) is 0 Å². The molecule has 0 spiro atoms. The molecule has 0 saturated carbocycles. The quantitative estimate of drug-likeness (QED) is 0.731. The molecule has 0 amide bonds. The minimum absolute atomic E-state index is 0.150. The molecule has 0 bridgehead atoms. The van der Waals surface area contributed by atoms with Crippen LogP contribution in [0, 0.1) is 0 Å². The van der Waals surface area contributed by atoms with Crippen molar-refractivity contribution >= 4 is 0 Å². The van der Waals surface area contributed by atoms with Gasteiger partial charge in [0.15, 0.2) is 0 Å². The van der Waals surface area contributed by atoms with E-state index in [2.05, 4.69) is 45.0 Å². The van der Waals surface area contributed by atoms with Gasteiger partial charge in [-0.2, -0.15) is 0 Å². The highest BCUT2D eigenvalue weighted by Gasteiger charge is 2.12. The van der Waals surface area contributed by atoms with Crippen LogP contribution in [-0.2, 0) is 17.1 Å². The van der Waals surface area contributed by atoms with E-state index < -0.39 is 0 Å². The Morgan fingerprint density at radius 1 is 0.778 bits per heavy atom. The molecule has 18 heavy (non-hydrogen) atoms. The van der Waals surface area contributed by atoms with Crippen molar-refractivity contribution < 1.29 is 5.11 Å². The van der Waals surface area contributed by atoms with E-state index in [0.717, 1.165) is 11.1 Å². The summed E-state index contributed by atoms with van der Waals surface area (Å²) >= 11 is 0. The highest BCUT2D eigenvalue weighted by molar-refractivity contribution is 5.64. The minimum atomic E-state index is -0.150. The molecule has 2 aromatic rings. The van der Waals surface area contributed by atoms with E-state index in [9.17, 15) is 5.11 Å². The fraction of sp³-hybridized carbons (Fsp3) is 0.294. The predicted molar refractivity (Wildman–Crippen MR) is 75.0 cm³/mol. The minimum Gasteiger partial charge on any atom is -0.232 e.